The average molecular weight is 255 g/mol. The summed E-state index contributed by atoms with van der Waals surface area (Å²) in [5, 5.41) is 3.15. The number of piperidine rings is 1. The van der Waals surface area contributed by atoms with Crippen molar-refractivity contribution in [3.05, 3.63) is 0 Å². The van der Waals surface area contributed by atoms with Gasteiger partial charge in [0, 0.05) is 32.1 Å². The highest BCUT2D eigenvalue weighted by Crippen LogP contribution is 2.21. The number of nitrogens with zero attached hydrogens (tertiary/aromatic N) is 1. The van der Waals surface area contributed by atoms with E-state index in [1.165, 1.54) is 0 Å². The molecule has 102 valence electrons. The van der Waals surface area contributed by atoms with E-state index >= 15 is 0 Å². The molecule has 2 amide bonds. The molecule has 6 heteroatoms. The van der Waals surface area contributed by atoms with Crippen LogP contribution in [0.5, 0.6) is 0 Å². The first-order chi connectivity index (χ1) is 8.68. The van der Waals surface area contributed by atoms with E-state index in [-0.39, 0.29) is 24.3 Å². The van der Waals surface area contributed by atoms with Crippen molar-refractivity contribution in [3.63, 3.8) is 0 Å². The van der Waals surface area contributed by atoms with Crippen molar-refractivity contribution < 1.29 is 14.3 Å². The summed E-state index contributed by atoms with van der Waals surface area (Å²) in [6.07, 6.45) is 2.74. The maximum absolute atomic E-state index is 12.4. The normalized spacial score (nSPS) is 29.0. The monoisotopic (exact) mass is 255 g/mol. The number of carbonyl (C=O) groups excluding carboxylic acids is 2. The smallest absolute Gasteiger partial charge is 0.253 e. The maximum atomic E-state index is 12.4. The zero-order chi connectivity index (χ0) is 13.0. The van der Waals surface area contributed by atoms with E-state index in [0.29, 0.717) is 19.7 Å². The second-order valence-corrected chi connectivity index (χ2v) is 4.92. The van der Waals surface area contributed by atoms with Gasteiger partial charge in [-0.1, -0.05) is 0 Å². The van der Waals surface area contributed by atoms with Crippen molar-refractivity contribution >= 4 is 11.8 Å². The van der Waals surface area contributed by atoms with Gasteiger partial charge in [-0.25, -0.2) is 0 Å². The van der Waals surface area contributed by atoms with Gasteiger partial charge in [-0.05, 0) is 19.3 Å². The summed E-state index contributed by atoms with van der Waals surface area (Å²) in [6, 6.07) is -0.0470. The molecule has 0 radical (unpaired) electrons. The Morgan fingerprint density at radius 3 is 2.89 bits per heavy atom. The molecule has 0 aromatic rings. The van der Waals surface area contributed by atoms with Crippen LogP contribution in [0.25, 0.3) is 0 Å². The van der Waals surface area contributed by atoms with Crippen molar-refractivity contribution in [3.8, 4) is 0 Å². The lowest BCUT2D eigenvalue weighted by atomic mass is 9.98. The lowest BCUT2D eigenvalue weighted by Gasteiger charge is -2.38. The summed E-state index contributed by atoms with van der Waals surface area (Å²) in [5.41, 5.74) is 5.24. The first-order valence-corrected chi connectivity index (χ1v) is 6.59. The van der Waals surface area contributed by atoms with Crippen molar-refractivity contribution in [2.45, 2.75) is 37.8 Å². The van der Waals surface area contributed by atoms with Crippen LogP contribution in [0.2, 0.25) is 0 Å². The standard InChI is InChI=1S/C12H21N3O3/c13-11(16)7-9-3-1-2-5-15(9)12(17)10-8-14-4-6-18-10/h9-10,14H,1-8H2,(H2,13,16)/t9-,10-/m1/s1. The summed E-state index contributed by atoms with van der Waals surface area (Å²) < 4.78 is 5.48. The van der Waals surface area contributed by atoms with Crippen LogP contribution in [-0.4, -0.2) is 55.1 Å². The van der Waals surface area contributed by atoms with E-state index in [1.807, 2.05) is 0 Å². The molecule has 3 N–H and O–H groups in total. The molecule has 0 unspecified atom stereocenters. The number of rotatable bonds is 3. The molecule has 2 aliphatic heterocycles. The van der Waals surface area contributed by atoms with Gasteiger partial charge in [0.15, 0.2) is 0 Å². The summed E-state index contributed by atoms with van der Waals surface area (Å²) in [4.78, 5) is 25.2. The van der Waals surface area contributed by atoms with Gasteiger partial charge in [-0.3, -0.25) is 9.59 Å². The number of nitrogens with two attached hydrogens (primary N) is 1. The van der Waals surface area contributed by atoms with Crippen LogP contribution >= 0.6 is 0 Å². The van der Waals surface area contributed by atoms with E-state index in [2.05, 4.69) is 5.32 Å². The fourth-order valence-electron chi connectivity index (χ4n) is 2.64. The van der Waals surface area contributed by atoms with Crippen molar-refractivity contribution in [1.29, 1.82) is 0 Å². The molecule has 0 spiro atoms. The molecule has 0 aliphatic carbocycles. The van der Waals surface area contributed by atoms with Crippen LogP contribution in [-0.2, 0) is 14.3 Å². The van der Waals surface area contributed by atoms with Crippen LogP contribution in [0, 0.1) is 0 Å². The number of amides is 2. The number of hydrogen-bond donors (Lipinski definition) is 2. The Labute approximate surface area is 107 Å². The number of ether oxygens (including phenoxy) is 1. The Morgan fingerprint density at radius 2 is 2.22 bits per heavy atom. The summed E-state index contributed by atoms with van der Waals surface area (Å²) in [5.74, 6) is -0.351. The highest BCUT2D eigenvalue weighted by atomic mass is 16.5. The van der Waals surface area contributed by atoms with Crippen LogP contribution in [0.4, 0.5) is 0 Å². The summed E-state index contributed by atoms with van der Waals surface area (Å²) in [6.45, 7) is 2.61. The highest BCUT2D eigenvalue weighted by molar-refractivity contribution is 5.83. The van der Waals surface area contributed by atoms with Crippen LogP contribution in [0.15, 0.2) is 0 Å². The number of likely N-dealkylation sites (tertiary alicyclic amines) is 1. The SMILES string of the molecule is NC(=O)C[C@H]1CCCCN1C(=O)[C@H]1CNCCO1. The van der Waals surface area contributed by atoms with E-state index in [1.54, 1.807) is 4.90 Å². The van der Waals surface area contributed by atoms with Crippen LogP contribution < -0.4 is 11.1 Å². The van der Waals surface area contributed by atoms with Gasteiger partial charge in [0.2, 0.25) is 5.91 Å². The molecule has 0 saturated carbocycles. The summed E-state index contributed by atoms with van der Waals surface area (Å²) in [7, 11) is 0. The molecule has 18 heavy (non-hydrogen) atoms. The Balaban J connectivity index is 1.98. The molecule has 2 fully saturated rings. The second kappa shape index (κ2) is 6.15. The maximum Gasteiger partial charge on any atom is 0.253 e. The van der Waals surface area contributed by atoms with Gasteiger partial charge in [-0.15, -0.1) is 0 Å². The van der Waals surface area contributed by atoms with Gasteiger partial charge in [0.05, 0.1) is 6.61 Å². The van der Waals surface area contributed by atoms with Gasteiger partial charge < -0.3 is 20.7 Å². The fourth-order valence-corrected chi connectivity index (χ4v) is 2.64. The predicted molar refractivity (Wildman–Crippen MR) is 65.8 cm³/mol. The Kier molecular flexibility index (Phi) is 4.54. The number of morpholine rings is 1. The van der Waals surface area contributed by atoms with Gasteiger partial charge >= 0.3 is 0 Å². The molecule has 2 saturated heterocycles. The second-order valence-electron chi connectivity index (χ2n) is 4.92. The quantitative estimate of drug-likeness (QED) is 0.693. The average Bonchev–Trinajstić information content (AvgIpc) is 2.39. The lowest BCUT2D eigenvalue weighted by Crippen LogP contribution is -2.54. The Morgan fingerprint density at radius 1 is 1.39 bits per heavy atom. The molecular formula is C12H21N3O3. The zero-order valence-electron chi connectivity index (χ0n) is 10.6. The number of primary amides is 1. The molecule has 2 heterocycles. The molecule has 2 atom stereocenters. The predicted octanol–water partition coefficient (Wildman–Crippen LogP) is -0.769. The van der Waals surface area contributed by atoms with Gasteiger partial charge in [-0.2, -0.15) is 0 Å². The minimum Gasteiger partial charge on any atom is -0.370 e. The van der Waals surface area contributed by atoms with E-state index < -0.39 is 6.10 Å². The molecule has 0 aromatic carbocycles. The number of carbonyl (C=O) groups is 2. The zero-order valence-corrected chi connectivity index (χ0v) is 10.6. The van der Waals surface area contributed by atoms with Gasteiger partial charge in [0.1, 0.15) is 6.10 Å². The molecule has 0 aromatic heterocycles. The number of hydrogen-bond acceptors (Lipinski definition) is 4. The van der Waals surface area contributed by atoms with Crippen molar-refractivity contribution in [2.75, 3.05) is 26.2 Å². The fraction of sp³-hybridized carbons (Fsp3) is 0.833. The first kappa shape index (κ1) is 13.3. The van der Waals surface area contributed by atoms with Crippen molar-refractivity contribution in [2.24, 2.45) is 5.73 Å². The Bertz CT molecular complexity index is 316. The molecular weight excluding hydrogens is 234 g/mol. The van der Waals surface area contributed by atoms with E-state index in [9.17, 15) is 9.59 Å². The third-order valence-corrected chi connectivity index (χ3v) is 3.55. The molecule has 6 nitrogen and oxygen atoms in total. The third kappa shape index (κ3) is 3.20. The van der Waals surface area contributed by atoms with Crippen LogP contribution in [0.1, 0.15) is 25.7 Å². The summed E-state index contributed by atoms with van der Waals surface area (Å²) >= 11 is 0. The third-order valence-electron chi connectivity index (χ3n) is 3.55. The van der Waals surface area contributed by atoms with Crippen molar-refractivity contribution in [1.82, 2.24) is 10.2 Å². The molecule has 0 bridgehead atoms. The van der Waals surface area contributed by atoms with Crippen LogP contribution in [0.3, 0.4) is 0 Å². The highest BCUT2D eigenvalue weighted by Gasteiger charge is 2.33. The largest absolute Gasteiger partial charge is 0.370 e. The van der Waals surface area contributed by atoms with Gasteiger partial charge in [0.25, 0.3) is 5.91 Å². The minimum atomic E-state index is -0.410. The molecule has 2 rings (SSSR count). The lowest BCUT2D eigenvalue weighted by molar-refractivity contribution is -0.149. The molecule has 2 aliphatic rings. The number of nitrogens with one attached hydrogen (secondary N) is 1. The van der Waals surface area contributed by atoms with E-state index in [0.717, 1.165) is 25.8 Å². The topological polar surface area (TPSA) is 84.7 Å². The van der Waals surface area contributed by atoms with E-state index in [4.69, 9.17) is 10.5 Å². The first-order valence-electron chi connectivity index (χ1n) is 6.59. The Hall–Kier alpha value is -1.14. The minimum absolute atomic E-state index is 0.00634.